The van der Waals surface area contributed by atoms with E-state index in [1.807, 2.05) is 12.1 Å². The molecule has 0 aromatic carbocycles. The molecule has 0 N–H and O–H groups in total. The zero-order chi connectivity index (χ0) is 5.28. The van der Waals surface area contributed by atoms with Gasteiger partial charge in [-0.2, -0.15) is 0 Å². The third kappa shape index (κ3) is 1.37. The maximum absolute atomic E-state index is 5.53. The Bertz CT molecular complexity index is 142. The molecular weight excluding hydrogens is 148 g/mol. The number of rotatable bonds is 0. The molecule has 0 aliphatic carbocycles. The molecule has 1 heterocycles. The van der Waals surface area contributed by atoms with Crippen LogP contribution in [0.25, 0.3) is 0 Å². The molecule has 0 spiro atoms. The lowest BCUT2D eigenvalue weighted by atomic mass is 10.7. The molecule has 3 heteroatoms. The highest BCUT2D eigenvalue weighted by molar-refractivity contribution is 7.83. The topological polar surface area (TPSA) is 0 Å². The van der Waals surface area contributed by atoms with Gasteiger partial charge in [0.1, 0.15) is 0 Å². The van der Waals surface area contributed by atoms with Gasteiger partial charge < -0.3 is 0 Å². The third-order valence-corrected chi connectivity index (χ3v) is 2.02. The van der Waals surface area contributed by atoms with Crippen molar-refractivity contribution >= 4 is 35.6 Å². The Morgan fingerprint density at radius 1 is 1.57 bits per heavy atom. The normalized spacial score (nSPS) is 9.43. The van der Waals surface area contributed by atoms with E-state index in [1.165, 1.54) is 11.3 Å². The van der Waals surface area contributed by atoms with Gasteiger partial charge >= 0.3 is 0 Å². The van der Waals surface area contributed by atoms with E-state index >= 15 is 0 Å². The van der Waals surface area contributed by atoms with Gasteiger partial charge in [0.25, 0.3) is 0 Å². The first kappa shape index (κ1) is 5.48. The van der Waals surface area contributed by atoms with Crippen molar-refractivity contribution in [1.29, 1.82) is 0 Å². The van der Waals surface area contributed by atoms with Gasteiger partial charge in [-0.1, -0.05) is 11.6 Å². The summed E-state index contributed by atoms with van der Waals surface area (Å²) in [5, 5.41) is 0. The highest BCUT2D eigenvalue weighted by Gasteiger charge is 1.87. The van der Waals surface area contributed by atoms with Gasteiger partial charge in [0.05, 0.1) is 8.55 Å². The fourth-order valence-corrected chi connectivity index (χ4v) is 1.62. The molecule has 0 bridgehead atoms. The zero-order valence-corrected chi connectivity index (χ0v) is 5.85. The molecule has 0 saturated heterocycles. The van der Waals surface area contributed by atoms with Crippen molar-refractivity contribution in [2.45, 2.75) is 4.21 Å². The van der Waals surface area contributed by atoms with Crippen molar-refractivity contribution < 1.29 is 0 Å². The Morgan fingerprint density at radius 3 is 2.43 bits per heavy atom. The predicted molar refractivity (Wildman–Crippen MR) is 36.6 cm³/mol. The van der Waals surface area contributed by atoms with Gasteiger partial charge in [-0.3, -0.25) is 0 Å². The van der Waals surface area contributed by atoms with E-state index < -0.39 is 0 Å². The Kier molecular flexibility index (Phi) is 1.62. The molecule has 0 unspecified atom stereocenters. The number of thiol groups is 1. The summed E-state index contributed by atoms with van der Waals surface area (Å²) in [5.41, 5.74) is 0. The van der Waals surface area contributed by atoms with Crippen LogP contribution in [0.1, 0.15) is 0 Å². The zero-order valence-electron chi connectivity index (χ0n) is 3.39. The molecule has 0 amide bonds. The van der Waals surface area contributed by atoms with Crippen LogP contribution in [0.4, 0.5) is 0 Å². The van der Waals surface area contributed by atoms with Crippen LogP contribution in [0, 0.1) is 0 Å². The molecule has 1 aromatic heterocycles. The molecule has 0 saturated carbocycles. The van der Waals surface area contributed by atoms with Crippen LogP contribution in [0.3, 0.4) is 0 Å². The minimum Gasteiger partial charge on any atom is -0.133 e. The first-order chi connectivity index (χ1) is 3.29. The standard InChI is InChI=1S/C4H3ClS2/c5-3-1-2-4(6)7-3/h1-2,6H. The average Bonchev–Trinajstić information content (AvgIpc) is 1.87. The molecule has 0 radical (unpaired) electrons. The number of halogens is 1. The number of thiophene rings is 1. The van der Waals surface area contributed by atoms with Crippen molar-refractivity contribution in [1.82, 2.24) is 0 Å². The van der Waals surface area contributed by atoms with Gasteiger partial charge in [0.2, 0.25) is 0 Å². The monoisotopic (exact) mass is 150 g/mol. The molecule has 0 atom stereocenters. The van der Waals surface area contributed by atoms with E-state index in [-0.39, 0.29) is 0 Å². The third-order valence-electron chi connectivity index (χ3n) is 0.559. The van der Waals surface area contributed by atoms with Gasteiger partial charge in [-0.15, -0.1) is 24.0 Å². The lowest BCUT2D eigenvalue weighted by Gasteiger charge is -1.68. The van der Waals surface area contributed by atoms with E-state index in [0.29, 0.717) is 0 Å². The summed E-state index contributed by atoms with van der Waals surface area (Å²) in [6.07, 6.45) is 0. The molecule has 1 rings (SSSR count). The number of hydrogen-bond donors (Lipinski definition) is 1. The molecule has 0 fully saturated rings. The van der Waals surface area contributed by atoms with E-state index in [9.17, 15) is 0 Å². The SMILES string of the molecule is Sc1ccc(Cl)s1. The molecular formula is C4H3ClS2. The summed E-state index contributed by atoms with van der Waals surface area (Å²) in [5.74, 6) is 0. The fourth-order valence-electron chi connectivity index (χ4n) is 0.305. The van der Waals surface area contributed by atoms with Crippen LogP contribution in [0.5, 0.6) is 0 Å². The predicted octanol–water partition coefficient (Wildman–Crippen LogP) is 2.69. The van der Waals surface area contributed by atoms with Crippen molar-refractivity contribution in [3.05, 3.63) is 16.5 Å². The molecule has 1 aromatic rings. The first-order valence-electron chi connectivity index (χ1n) is 1.73. The second-order valence-electron chi connectivity index (χ2n) is 1.08. The van der Waals surface area contributed by atoms with Crippen molar-refractivity contribution in [2.24, 2.45) is 0 Å². The molecule has 7 heavy (non-hydrogen) atoms. The Morgan fingerprint density at radius 2 is 2.29 bits per heavy atom. The van der Waals surface area contributed by atoms with Crippen LogP contribution >= 0.6 is 35.6 Å². The van der Waals surface area contributed by atoms with Crippen molar-refractivity contribution in [3.63, 3.8) is 0 Å². The molecule has 0 nitrogen and oxygen atoms in total. The summed E-state index contributed by atoms with van der Waals surface area (Å²) in [4.78, 5) is 0. The minimum absolute atomic E-state index is 0.796. The quantitative estimate of drug-likeness (QED) is 0.541. The van der Waals surface area contributed by atoms with Gasteiger partial charge in [0, 0.05) is 0 Å². The van der Waals surface area contributed by atoms with E-state index in [0.717, 1.165) is 8.55 Å². The average molecular weight is 151 g/mol. The van der Waals surface area contributed by atoms with Crippen LogP contribution in [0.15, 0.2) is 16.3 Å². The molecule has 0 aliphatic heterocycles. The lowest BCUT2D eigenvalue weighted by molar-refractivity contribution is 1.76. The summed E-state index contributed by atoms with van der Waals surface area (Å²) >= 11 is 11.0. The van der Waals surface area contributed by atoms with Crippen LogP contribution in [-0.4, -0.2) is 0 Å². The van der Waals surface area contributed by atoms with E-state index in [2.05, 4.69) is 12.6 Å². The van der Waals surface area contributed by atoms with E-state index in [4.69, 9.17) is 11.6 Å². The van der Waals surface area contributed by atoms with E-state index in [1.54, 1.807) is 0 Å². The highest BCUT2D eigenvalue weighted by atomic mass is 35.5. The minimum atomic E-state index is 0.796. The Balaban J connectivity index is 3.04. The smallest absolute Gasteiger partial charge is 0.0940 e. The summed E-state index contributed by atoms with van der Waals surface area (Å²) in [7, 11) is 0. The van der Waals surface area contributed by atoms with Crippen LogP contribution in [-0.2, 0) is 0 Å². The summed E-state index contributed by atoms with van der Waals surface area (Å²) in [6.45, 7) is 0. The summed E-state index contributed by atoms with van der Waals surface area (Å²) in [6, 6.07) is 3.70. The summed E-state index contributed by atoms with van der Waals surface area (Å²) < 4.78 is 1.76. The fraction of sp³-hybridized carbons (Fsp3) is 0. The first-order valence-corrected chi connectivity index (χ1v) is 3.37. The van der Waals surface area contributed by atoms with Crippen LogP contribution < -0.4 is 0 Å². The maximum Gasteiger partial charge on any atom is 0.0940 e. The van der Waals surface area contributed by atoms with Gasteiger partial charge in [-0.25, -0.2) is 0 Å². The number of hydrogen-bond acceptors (Lipinski definition) is 2. The van der Waals surface area contributed by atoms with Gasteiger partial charge in [-0.05, 0) is 12.1 Å². The molecule has 38 valence electrons. The highest BCUT2D eigenvalue weighted by Crippen LogP contribution is 2.23. The van der Waals surface area contributed by atoms with Gasteiger partial charge in [0.15, 0.2) is 0 Å². The Labute approximate surface area is 56.5 Å². The Hall–Kier alpha value is 0.340. The second-order valence-corrected chi connectivity index (χ2v) is 3.58. The largest absolute Gasteiger partial charge is 0.133 e. The second kappa shape index (κ2) is 2.07. The molecule has 0 aliphatic rings. The maximum atomic E-state index is 5.53. The van der Waals surface area contributed by atoms with Crippen molar-refractivity contribution in [3.8, 4) is 0 Å². The van der Waals surface area contributed by atoms with Crippen molar-refractivity contribution in [2.75, 3.05) is 0 Å². The van der Waals surface area contributed by atoms with Crippen LogP contribution in [0.2, 0.25) is 4.34 Å². The lowest BCUT2D eigenvalue weighted by Crippen LogP contribution is -1.32.